The summed E-state index contributed by atoms with van der Waals surface area (Å²) in [5, 5.41) is 2.00. The highest BCUT2D eigenvalue weighted by Gasteiger charge is 2.37. The minimum Gasteiger partial charge on any atom is -0.138 e. The van der Waals surface area contributed by atoms with Crippen molar-refractivity contribution < 1.29 is 0 Å². The minimum atomic E-state index is -1.19. The summed E-state index contributed by atoms with van der Waals surface area (Å²) in [6, 6.07) is 0. The van der Waals surface area contributed by atoms with Gasteiger partial charge in [-0.3, -0.25) is 0 Å². The summed E-state index contributed by atoms with van der Waals surface area (Å²) >= 11 is 0. The maximum absolute atomic E-state index is 10.1. The maximum atomic E-state index is 10.1. The zero-order chi connectivity index (χ0) is 7.07. The summed E-state index contributed by atoms with van der Waals surface area (Å²) in [5.74, 6) is 0.516. The van der Waals surface area contributed by atoms with Crippen molar-refractivity contribution in [1.82, 2.24) is 0 Å². The van der Waals surface area contributed by atoms with Crippen molar-refractivity contribution in [2.45, 2.75) is 13.8 Å². The third kappa shape index (κ3) is 1.01. The SMILES string of the molecule is CC(C)C1=CS1(C)N=O. The van der Waals surface area contributed by atoms with E-state index in [1.54, 1.807) is 0 Å². The van der Waals surface area contributed by atoms with Gasteiger partial charge in [0.05, 0.1) is 0 Å². The van der Waals surface area contributed by atoms with Crippen LogP contribution in [0.25, 0.3) is 0 Å². The van der Waals surface area contributed by atoms with Crippen LogP contribution < -0.4 is 0 Å². The van der Waals surface area contributed by atoms with Crippen LogP contribution in [-0.2, 0) is 0 Å². The maximum Gasteiger partial charge on any atom is 0.00252 e. The highest BCUT2D eigenvalue weighted by Crippen LogP contribution is 2.71. The van der Waals surface area contributed by atoms with E-state index in [1.807, 2.05) is 11.7 Å². The molecule has 1 aliphatic rings. The Morgan fingerprint density at radius 2 is 2.22 bits per heavy atom. The van der Waals surface area contributed by atoms with Gasteiger partial charge in [-0.25, -0.2) is 0 Å². The molecule has 0 N–H and O–H groups in total. The molecule has 1 unspecified atom stereocenters. The van der Waals surface area contributed by atoms with Crippen molar-refractivity contribution >= 4 is 10.2 Å². The van der Waals surface area contributed by atoms with E-state index < -0.39 is 10.2 Å². The topological polar surface area (TPSA) is 29.4 Å². The van der Waals surface area contributed by atoms with E-state index in [9.17, 15) is 4.91 Å². The first-order chi connectivity index (χ1) is 4.10. The van der Waals surface area contributed by atoms with Gasteiger partial charge in [0.1, 0.15) is 0 Å². The molecule has 0 aromatic rings. The summed E-state index contributed by atoms with van der Waals surface area (Å²) < 4.78 is 3.08. The second-order valence-electron chi connectivity index (χ2n) is 2.69. The minimum absolute atomic E-state index is 0.516. The van der Waals surface area contributed by atoms with Crippen molar-refractivity contribution in [3.63, 3.8) is 0 Å². The molecular formula is C6H11NOS. The van der Waals surface area contributed by atoms with Gasteiger partial charge in [0.2, 0.25) is 0 Å². The Morgan fingerprint density at radius 1 is 1.67 bits per heavy atom. The Balaban J connectivity index is 2.55. The monoisotopic (exact) mass is 145 g/mol. The Labute approximate surface area is 56.8 Å². The van der Waals surface area contributed by atoms with Gasteiger partial charge in [-0.2, -0.15) is 0 Å². The van der Waals surface area contributed by atoms with Crippen molar-refractivity contribution in [1.29, 1.82) is 0 Å². The van der Waals surface area contributed by atoms with E-state index in [4.69, 9.17) is 0 Å². The molecule has 1 atom stereocenters. The summed E-state index contributed by atoms with van der Waals surface area (Å²) in [6.45, 7) is 4.19. The van der Waals surface area contributed by atoms with E-state index in [0.29, 0.717) is 5.92 Å². The van der Waals surface area contributed by atoms with Crippen molar-refractivity contribution in [3.8, 4) is 0 Å². The molecule has 0 bridgehead atoms. The predicted octanol–water partition coefficient (Wildman–Crippen LogP) is 2.61. The van der Waals surface area contributed by atoms with E-state index >= 15 is 0 Å². The molecule has 0 spiro atoms. The van der Waals surface area contributed by atoms with Crippen LogP contribution in [0.3, 0.4) is 0 Å². The molecule has 0 amide bonds. The fourth-order valence-corrected chi connectivity index (χ4v) is 3.06. The van der Waals surface area contributed by atoms with Crippen molar-refractivity contribution in [3.05, 3.63) is 15.2 Å². The molecule has 0 fully saturated rings. The molecular weight excluding hydrogens is 134 g/mol. The molecule has 0 radical (unpaired) electrons. The van der Waals surface area contributed by atoms with Crippen LogP contribution in [0.1, 0.15) is 13.8 Å². The molecule has 52 valence electrons. The second-order valence-corrected chi connectivity index (χ2v) is 5.42. The number of hydrogen-bond donors (Lipinski definition) is 0. The van der Waals surface area contributed by atoms with Crippen LogP contribution in [0.15, 0.2) is 14.9 Å². The summed E-state index contributed by atoms with van der Waals surface area (Å²) in [7, 11) is -1.19. The summed E-state index contributed by atoms with van der Waals surface area (Å²) in [4.78, 5) is 11.4. The fourth-order valence-electron chi connectivity index (χ4n) is 0.880. The zero-order valence-corrected chi connectivity index (χ0v) is 6.73. The summed E-state index contributed by atoms with van der Waals surface area (Å²) in [6.07, 6.45) is 1.93. The van der Waals surface area contributed by atoms with Crippen LogP contribution in [0.5, 0.6) is 0 Å². The molecule has 0 saturated heterocycles. The standard InChI is InChI=1S/C6H11NOS/c1-5(2)6-4-9(6,3)7-8/h4-5H,1-3H3. The molecule has 1 rings (SSSR count). The quantitative estimate of drug-likeness (QED) is 0.549. The molecule has 0 aliphatic carbocycles. The molecule has 0 aromatic carbocycles. The molecule has 3 heteroatoms. The van der Waals surface area contributed by atoms with Gasteiger partial charge < -0.3 is 0 Å². The van der Waals surface area contributed by atoms with Gasteiger partial charge in [-0.05, 0) is 22.2 Å². The van der Waals surface area contributed by atoms with Crippen LogP contribution in [-0.4, -0.2) is 6.26 Å². The lowest BCUT2D eigenvalue weighted by Crippen LogP contribution is -1.83. The lowest BCUT2D eigenvalue weighted by molar-refractivity contribution is 0.825. The number of nitroso groups, excluding NO2 is 1. The molecule has 1 heterocycles. The third-order valence-corrected chi connectivity index (χ3v) is 3.80. The highest BCUT2D eigenvalue weighted by molar-refractivity contribution is 8.42. The van der Waals surface area contributed by atoms with E-state index in [1.165, 1.54) is 4.91 Å². The van der Waals surface area contributed by atoms with Crippen molar-refractivity contribution in [2.75, 3.05) is 6.26 Å². The Hall–Kier alpha value is -0.310. The molecule has 9 heavy (non-hydrogen) atoms. The largest absolute Gasteiger partial charge is 0.138 e. The normalized spacial score (nSPS) is 39.3. The number of allylic oxidation sites excluding steroid dienone is 1. The number of nitrogens with zero attached hydrogens (tertiary/aromatic N) is 1. The first kappa shape index (κ1) is 6.81. The van der Waals surface area contributed by atoms with Gasteiger partial charge >= 0.3 is 0 Å². The lowest BCUT2D eigenvalue weighted by atomic mass is 10.2. The van der Waals surface area contributed by atoms with E-state index in [0.717, 1.165) is 0 Å². The third-order valence-electron chi connectivity index (χ3n) is 1.49. The van der Waals surface area contributed by atoms with E-state index in [-0.39, 0.29) is 0 Å². The van der Waals surface area contributed by atoms with Crippen LogP contribution in [0.2, 0.25) is 0 Å². The first-order valence-corrected chi connectivity index (χ1v) is 5.01. The molecule has 0 aromatic heterocycles. The zero-order valence-electron chi connectivity index (χ0n) is 5.92. The molecule has 0 saturated carbocycles. The summed E-state index contributed by atoms with van der Waals surface area (Å²) in [5.41, 5.74) is 0. The smallest absolute Gasteiger partial charge is 0.00252 e. The van der Waals surface area contributed by atoms with Crippen LogP contribution in [0, 0.1) is 10.8 Å². The molecule has 1 aliphatic heterocycles. The Morgan fingerprint density at radius 3 is 2.33 bits per heavy atom. The Kier molecular flexibility index (Phi) is 1.39. The van der Waals surface area contributed by atoms with Gasteiger partial charge in [0, 0.05) is 4.91 Å². The van der Waals surface area contributed by atoms with Crippen LogP contribution in [0.4, 0.5) is 0 Å². The van der Waals surface area contributed by atoms with Gasteiger partial charge in [0.25, 0.3) is 0 Å². The van der Waals surface area contributed by atoms with Crippen molar-refractivity contribution in [2.24, 2.45) is 10.5 Å². The second kappa shape index (κ2) is 1.84. The average molecular weight is 145 g/mol. The average Bonchev–Trinajstić information content (AvgIpc) is 2.44. The number of rotatable bonds is 2. The highest BCUT2D eigenvalue weighted by atomic mass is 32.3. The van der Waals surface area contributed by atoms with Crippen LogP contribution >= 0.6 is 10.2 Å². The Bertz CT molecular complexity index is 176. The fraction of sp³-hybridized carbons (Fsp3) is 0.667. The first-order valence-electron chi connectivity index (χ1n) is 2.95. The van der Waals surface area contributed by atoms with Gasteiger partial charge in [0.15, 0.2) is 0 Å². The predicted molar refractivity (Wildman–Crippen MR) is 42.2 cm³/mol. The molecule has 2 nitrogen and oxygen atoms in total. The van der Waals surface area contributed by atoms with E-state index in [2.05, 4.69) is 18.4 Å². The van der Waals surface area contributed by atoms with Gasteiger partial charge in [-0.15, -0.1) is 4.91 Å². The lowest BCUT2D eigenvalue weighted by Gasteiger charge is -2.07. The number of hydrogen-bond acceptors (Lipinski definition) is 2. The van der Waals surface area contributed by atoms with Gasteiger partial charge in [-0.1, -0.05) is 24.1 Å².